The molecule has 0 saturated heterocycles. The first kappa shape index (κ1) is 15.8. The van der Waals surface area contributed by atoms with Crippen LogP contribution in [-0.2, 0) is 0 Å². The molecule has 0 saturated carbocycles. The number of para-hydroxylation sites is 2. The summed E-state index contributed by atoms with van der Waals surface area (Å²) in [5.41, 5.74) is 3.53. The summed E-state index contributed by atoms with van der Waals surface area (Å²) in [6.45, 7) is 9.02. The topological polar surface area (TPSA) is 21.7 Å². The van der Waals surface area contributed by atoms with E-state index in [9.17, 15) is 0 Å². The fraction of sp³-hybridized carbons (Fsp3) is 0.273. The second-order valence-corrected chi connectivity index (χ2v) is 7.81. The molecule has 4 rings (SSSR count). The molecule has 0 amide bonds. The van der Waals surface area contributed by atoms with Crippen LogP contribution in [0.5, 0.6) is 0 Å². The molecule has 3 aromatic carbocycles. The number of hydrogen-bond donors (Lipinski definition) is 0. The van der Waals surface area contributed by atoms with E-state index in [1.165, 1.54) is 10.8 Å². The van der Waals surface area contributed by atoms with Gasteiger partial charge in [0.15, 0.2) is 11.2 Å². The number of hydrogen-bond acceptors (Lipinski definition) is 1. The molecule has 0 fully saturated rings. The molecule has 0 unspecified atom stereocenters. The monoisotopic (exact) mass is 330 g/mol. The molecule has 0 spiro atoms. The molecule has 4 aromatic rings. The summed E-state index contributed by atoms with van der Waals surface area (Å²) in [7, 11) is 0. The number of aromatic nitrogens is 3. The van der Waals surface area contributed by atoms with E-state index in [1.54, 1.807) is 0 Å². The minimum atomic E-state index is 0.135. The molecule has 0 radical (unpaired) electrons. The van der Waals surface area contributed by atoms with Crippen molar-refractivity contribution in [2.75, 3.05) is 0 Å². The van der Waals surface area contributed by atoms with E-state index in [2.05, 4.69) is 104 Å². The van der Waals surface area contributed by atoms with E-state index in [4.69, 9.17) is 5.21 Å². The molecule has 0 aliphatic carbocycles. The molecule has 0 aliphatic rings. The fourth-order valence-electron chi connectivity index (χ4n) is 3.18. The standard InChI is InChI=1S/C22H24N3/c1-16(22(2,3)4)24-20-11-7-8-12-21(20)25(23-24)19-14-13-17-9-5-6-10-18(17)15-19/h5-16H,1-4H3/q+1/t16-/m0/s1. The van der Waals surface area contributed by atoms with Crippen molar-refractivity contribution in [3.63, 3.8) is 0 Å². The second kappa shape index (κ2) is 5.69. The Morgan fingerprint density at radius 3 is 2.32 bits per heavy atom. The van der Waals surface area contributed by atoms with Crippen LogP contribution in [0.3, 0.4) is 0 Å². The van der Waals surface area contributed by atoms with E-state index in [1.807, 2.05) is 0 Å². The number of nitrogens with zero attached hydrogens (tertiary/aromatic N) is 3. The SMILES string of the molecule is C[C@H]([n+]1nn(-c2ccc3ccccc3c2)c2ccccc21)C(C)(C)C. The first-order chi connectivity index (χ1) is 11.9. The fourth-order valence-corrected chi connectivity index (χ4v) is 3.18. The lowest BCUT2D eigenvalue weighted by Gasteiger charge is -2.22. The van der Waals surface area contributed by atoms with Gasteiger partial charge in [0.25, 0.3) is 0 Å². The third kappa shape index (κ3) is 2.70. The number of benzene rings is 3. The van der Waals surface area contributed by atoms with Crippen molar-refractivity contribution in [1.82, 2.24) is 9.90 Å². The van der Waals surface area contributed by atoms with E-state index >= 15 is 0 Å². The van der Waals surface area contributed by atoms with Crippen LogP contribution in [0, 0.1) is 5.41 Å². The van der Waals surface area contributed by atoms with Crippen molar-refractivity contribution in [3.05, 3.63) is 66.7 Å². The highest BCUT2D eigenvalue weighted by atomic mass is 15.5. The number of rotatable bonds is 2. The largest absolute Gasteiger partial charge is 0.204 e. The highest BCUT2D eigenvalue weighted by Gasteiger charge is 2.31. The third-order valence-corrected chi connectivity index (χ3v) is 5.14. The average molecular weight is 330 g/mol. The summed E-state index contributed by atoms with van der Waals surface area (Å²) < 4.78 is 4.22. The smallest absolute Gasteiger partial charge is 0.126 e. The Labute approximate surface area is 148 Å². The maximum absolute atomic E-state index is 4.97. The molecule has 1 heterocycles. The highest BCUT2D eigenvalue weighted by Crippen LogP contribution is 2.27. The van der Waals surface area contributed by atoms with Gasteiger partial charge in [-0.2, -0.15) is 0 Å². The Morgan fingerprint density at radius 1 is 0.880 bits per heavy atom. The average Bonchev–Trinajstić information content (AvgIpc) is 2.99. The van der Waals surface area contributed by atoms with E-state index in [-0.39, 0.29) is 5.41 Å². The molecular weight excluding hydrogens is 306 g/mol. The number of fused-ring (bicyclic) bond motifs is 2. The van der Waals surface area contributed by atoms with Crippen LogP contribution in [0.2, 0.25) is 0 Å². The lowest BCUT2D eigenvalue weighted by molar-refractivity contribution is -0.764. The first-order valence-corrected chi connectivity index (χ1v) is 8.84. The molecule has 3 nitrogen and oxygen atoms in total. The van der Waals surface area contributed by atoms with Gasteiger partial charge in [-0.05, 0) is 42.0 Å². The van der Waals surface area contributed by atoms with Gasteiger partial charge >= 0.3 is 0 Å². The predicted molar refractivity (Wildman–Crippen MR) is 103 cm³/mol. The summed E-state index contributed by atoms with van der Waals surface area (Å²) in [6.07, 6.45) is 0. The predicted octanol–water partition coefficient (Wildman–Crippen LogP) is 5.07. The van der Waals surface area contributed by atoms with Gasteiger partial charge in [0.1, 0.15) is 6.04 Å². The van der Waals surface area contributed by atoms with Crippen molar-refractivity contribution >= 4 is 21.8 Å². The zero-order chi connectivity index (χ0) is 17.6. The summed E-state index contributed by atoms with van der Waals surface area (Å²) >= 11 is 0. The molecule has 3 heteroatoms. The molecule has 25 heavy (non-hydrogen) atoms. The van der Waals surface area contributed by atoms with Gasteiger partial charge in [-0.3, -0.25) is 0 Å². The zero-order valence-corrected chi connectivity index (χ0v) is 15.3. The van der Waals surface area contributed by atoms with Crippen molar-refractivity contribution in [3.8, 4) is 5.69 Å². The highest BCUT2D eigenvalue weighted by molar-refractivity contribution is 5.85. The molecule has 1 aromatic heterocycles. The van der Waals surface area contributed by atoms with Crippen LogP contribution in [0.1, 0.15) is 33.7 Å². The third-order valence-electron chi connectivity index (χ3n) is 5.14. The minimum Gasteiger partial charge on any atom is -0.126 e. The van der Waals surface area contributed by atoms with Gasteiger partial charge in [0, 0.05) is 5.41 Å². The van der Waals surface area contributed by atoms with Crippen LogP contribution < -0.4 is 4.68 Å². The molecular formula is C22H24N3+. The Morgan fingerprint density at radius 2 is 1.56 bits per heavy atom. The maximum Gasteiger partial charge on any atom is 0.204 e. The van der Waals surface area contributed by atoms with Crippen LogP contribution in [0.15, 0.2) is 66.7 Å². The molecule has 0 aliphatic heterocycles. The molecule has 1 atom stereocenters. The first-order valence-electron chi connectivity index (χ1n) is 8.84. The van der Waals surface area contributed by atoms with Crippen molar-refractivity contribution < 1.29 is 4.68 Å². The van der Waals surface area contributed by atoms with Gasteiger partial charge in [-0.15, -0.1) is 4.68 Å². The normalized spacial score (nSPS) is 13.4. The summed E-state index contributed by atoms with van der Waals surface area (Å²) in [5, 5.41) is 7.45. The molecule has 0 N–H and O–H groups in total. The van der Waals surface area contributed by atoms with E-state index in [0.717, 1.165) is 16.7 Å². The van der Waals surface area contributed by atoms with Gasteiger partial charge in [0.2, 0.25) is 5.52 Å². The summed E-state index contributed by atoms with van der Waals surface area (Å²) in [5.74, 6) is 0. The lowest BCUT2D eigenvalue weighted by Crippen LogP contribution is -2.47. The van der Waals surface area contributed by atoms with Gasteiger partial charge in [-0.25, -0.2) is 0 Å². The Bertz CT molecular complexity index is 1050. The van der Waals surface area contributed by atoms with Gasteiger partial charge in [-0.1, -0.05) is 67.9 Å². The van der Waals surface area contributed by atoms with E-state index in [0.29, 0.717) is 6.04 Å². The molecule has 0 bridgehead atoms. The summed E-state index contributed by atoms with van der Waals surface area (Å²) in [4.78, 5) is 0. The Balaban J connectivity index is 1.95. The van der Waals surface area contributed by atoms with Crippen molar-refractivity contribution in [2.24, 2.45) is 5.41 Å². The van der Waals surface area contributed by atoms with Crippen molar-refractivity contribution in [1.29, 1.82) is 0 Å². The minimum absolute atomic E-state index is 0.135. The quantitative estimate of drug-likeness (QED) is 0.470. The van der Waals surface area contributed by atoms with Crippen molar-refractivity contribution in [2.45, 2.75) is 33.7 Å². The maximum atomic E-state index is 4.97. The van der Waals surface area contributed by atoms with Crippen LogP contribution in [-0.4, -0.2) is 9.90 Å². The zero-order valence-electron chi connectivity index (χ0n) is 15.3. The second-order valence-electron chi connectivity index (χ2n) is 7.81. The van der Waals surface area contributed by atoms with E-state index < -0.39 is 0 Å². The Hall–Kier alpha value is -2.68. The van der Waals surface area contributed by atoms with Gasteiger partial charge in [0.05, 0.1) is 5.21 Å². The summed E-state index contributed by atoms with van der Waals surface area (Å²) in [6, 6.07) is 23.7. The van der Waals surface area contributed by atoms with Gasteiger partial charge < -0.3 is 0 Å². The van der Waals surface area contributed by atoms with Crippen LogP contribution in [0.4, 0.5) is 0 Å². The Kier molecular flexibility index (Phi) is 3.60. The molecule has 126 valence electrons. The lowest BCUT2D eigenvalue weighted by atomic mass is 9.88. The van der Waals surface area contributed by atoms with Crippen LogP contribution >= 0.6 is 0 Å². The van der Waals surface area contributed by atoms with Crippen LogP contribution in [0.25, 0.3) is 27.5 Å².